The maximum Gasteiger partial charge on any atom is 0.377 e. The van der Waals surface area contributed by atoms with Crippen LogP contribution in [0.3, 0.4) is 0 Å². The molecule has 11 heavy (non-hydrogen) atoms. The number of rotatable bonds is 2. The molecular weight excluding hydrogens is 229 g/mol. The van der Waals surface area contributed by atoms with Gasteiger partial charge in [0.1, 0.15) is 3.87 Å². The van der Waals surface area contributed by atoms with Crippen molar-refractivity contribution >= 4 is 72.0 Å². The van der Waals surface area contributed by atoms with E-state index in [0.717, 1.165) is 0 Å². The molecule has 0 aliphatic carbocycles. The summed E-state index contributed by atoms with van der Waals surface area (Å²) in [5.41, 5.74) is 0. The monoisotopic (exact) mass is 231 g/mol. The van der Waals surface area contributed by atoms with Gasteiger partial charge in [0.05, 0.1) is 0 Å². The fraction of sp³-hybridized carbons (Fsp3) is 0. The van der Waals surface area contributed by atoms with Gasteiger partial charge in [-0.25, -0.2) is 0 Å². The minimum absolute atomic E-state index is 0. The first-order valence-corrected chi connectivity index (χ1v) is 4.37. The van der Waals surface area contributed by atoms with E-state index in [-0.39, 0.29) is 51.4 Å². The zero-order valence-corrected chi connectivity index (χ0v) is 9.96. The molecule has 0 aromatic heterocycles. The van der Waals surface area contributed by atoms with Crippen LogP contribution in [0.15, 0.2) is 0 Å². The largest absolute Gasteiger partial charge is 0.377 e. The van der Waals surface area contributed by atoms with Crippen molar-refractivity contribution in [1.82, 2.24) is 3.87 Å². The Kier molecular flexibility index (Phi) is 6.18. The Balaban J connectivity index is 0. The van der Waals surface area contributed by atoms with Gasteiger partial charge in [0.2, 0.25) is 0 Å². The molecule has 0 fully saturated rings. The van der Waals surface area contributed by atoms with Crippen LogP contribution in [-0.2, 0) is 25.8 Å². The van der Waals surface area contributed by atoms with Crippen LogP contribution in [0.25, 0.3) is 0 Å². The fourth-order valence-electron chi connectivity index (χ4n) is 0.119. The number of nitrogens with zero attached hydrogens (tertiary/aromatic N) is 1. The van der Waals surface area contributed by atoms with Gasteiger partial charge in [-0.15, -0.1) is 0 Å². The van der Waals surface area contributed by atoms with E-state index in [1.807, 2.05) is 0 Å². The van der Waals surface area contributed by atoms with Gasteiger partial charge in [-0.1, -0.05) is 5.21 Å². The third-order valence-electron chi connectivity index (χ3n) is 0.377. The van der Waals surface area contributed by atoms with Crippen molar-refractivity contribution in [2.45, 2.75) is 0 Å². The van der Waals surface area contributed by atoms with Crippen molar-refractivity contribution in [3.63, 3.8) is 0 Å². The SMILES string of the molecule is [K].[O]N(S(=O)(=O)O)S(=O)(=O)O. The molecule has 0 saturated heterocycles. The first-order valence-electron chi connectivity index (χ1n) is 1.58. The second-order valence-electron chi connectivity index (χ2n) is 1.12. The molecule has 2 radical (unpaired) electrons. The molecule has 0 aromatic rings. The van der Waals surface area contributed by atoms with Crippen molar-refractivity contribution in [2.24, 2.45) is 0 Å². The molecule has 0 aromatic carbocycles. The fourth-order valence-corrected chi connectivity index (χ4v) is 1.07. The maximum atomic E-state index is 9.73. The Morgan fingerprint density at radius 1 is 0.909 bits per heavy atom. The summed E-state index contributed by atoms with van der Waals surface area (Å²) in [6.07, 6.45) is 0. The molecule has 0 spiro atoms. The van der Waals surface area contributed by atoms with E-state index >= 15 is 0 Å². The minimum atomic E-state index is -5.42. The molecule has 0 aliphatic rings. The summed E-state index contributed by atoms with van der Waals surface area (Å²) in [7, 11) is -10.8. The molecule has 0 rings (SSSR count). The van der Waals surface area contributed by atoms with Gasteiger partial charge in [0.15, 0.2) is 0 Å². The van der Waals surface area contributed by atoms with Crippen LogP contribution in [0.1, 0.15) is 0 Å². The van der Waals surface area contributed by atoms with Crippen molar-refractivity contribution in [1.29, 1.82) is 0 Å². The molecule has 11 heteroatoms. The summed E-state index contributed by atoms with van der Waals surface area (Å²) in [5, 5.41) is 9.73. The molecule has 0 bridgehead atoms. The third-order valence-corrected chi connectivity index (χ3v) is 2.26. The number of hydrogen-bond donors (Lipinski definition) is 2. The average molecular weight is 231 g/mol. The molecular formula is H2KNO7S2. The molecule has 0 saturated carbocycles. The van der Waals surface area contributed by atoms with Crippen LogP contribution in [0.4, 0.5) is 0 Å². The smallest absolute Gasteiger partial charge is 0.271 e. The van der Waals surface area contributed by atoms with Crippen LogP contribution in [0, 0.1) is 0 Å². The van der Waals surface area contributed by atoms with E-state index in [1.54, 1.807) is 0 Å². The van der Waals surface area contributed by atoms with Crippen molar-refractivity contribution in [2.75, 3.05) is 0 Å². The molecule has 8 nitrogen and oxygen atoms in total. The molecule has 62 valence electrons. The maximum absolute atomic E-state index is 9.73. The Bertz CT molecular complexity index is 265. The summed E-state index contributed by atoms with van der Waals surface area (Å²) >= 11 is 0. The quantitative estimate of drug-likeness (QED) is 0.316. The van der Waals surface area contributed by atoms with Gasteiger partial charge in [-0.3, -0.25) is 9.11 Å². The molecule has 0 amide bonds. The first kappa shape index (κ1) is 14.9. The Hall–Kier alpha value is 1.38. The zero-order valence-electron chi connectivity index (χ0n) is 5.20. The number of hydrogen-bond acceptors (Lipinski definition) is 4. The van der Waals surface area contributed by atoms with Gasteiger partial charge in [0, 0.05) is 51.4 Å². The molecule has 0 aliphatic heterocycles. The van der Waals surface area contributed by atoms with Crippen molar-refractivity contribution < 1.29 is 31.1 Å². The standard InChI is InChI=1S/K.H2NO7S2/c;2-1(9(3,4)5)10(6,7)8/h;(H,3,4,5)(H,6,7,8). The topological polar surface area (TPSA) is 132 Å². The third kappa shape index (κ3) is 5.59. The summed E-state index contributed by atoms with van der Waals surface area (Å²) < 4.78 is 51.9. The summed E-state index contributed by atoms with van der Waals surface area (Å²) in [5.74, 6) is 0. The molecule has 0 atom stereocenters. The normalized spacial score (nSPS) is 12.7. The van der Waals surface area contributed by atoms with Crippen molar-refractivity contribution in [3.05, 3.63) is 0 Å². The van der Waals surface area contributed by atoms with Gasteiger partial charge >= 0.3 is 20.6 Å². The minimum Gasteiger partial charge on any atom is -0.271 e. The van der Waals surface area contributed by atoms with E-state index < -0.39 is 24.5 Å². The first-order chi connectivity index (χ1) is 4.15. The van der Waals surface area contributed by atoms with E-state index in [0.29, 0.717) is 0 Å². The Labute approximate surface area is 105 Å². The predicted octanol–water partition coefficient (Wildman–Crippen LogP) is -2.14. The van der Waals surface area contributed by atoms with Gasteiger partial charge in [-0.2, -0.15) is 16.8 Å². The van der Waals surface area contributed by atoms with Crippen LogP contribution in [-0.4, -0.2) is 81.2 Å². The summed E-state index contributed by atoms with van der Waals surface area (Å²) in [4.78, 5) is 0. The predicted molar refractivity (Wildman–Crippen MR) is 31.4 cm³/mol. The van der Waals surface area contributed by atoms with Crippen molar-refractivity contribution in [3.8, 4) is 0 Å². The second-order valence-corrected chi connectivity index (χ2v) is 3.81. The average Bonchev–Trinajstić information content (AvgIpc) is 1.59. The molecule has 0 unspecified atom stereocenters. The van der Waals surface area contributed by atoms with E-state index in [9.17, 15) is 22.0 Å². The Morgan fingerprint density at radius 2 is 1.09 bits per heavy atom. The van der Waals surface area contributed by atoms with E-state index in [1.165, 1.54) is 0 Å². The second kappa shape index (κ2) is 4.57. The van der Waals surface area contributed by atoms with Crippen LogP contribution >= 0.6 is 0 Å². The van der Waals surface area contributed by atoms with E-state index in [2.05, 4.69) is 0 Å². The molecule has 0 heterocycles. The van der Waals surface area contributed by atoms with Gasteiger partial charge in [0.25, 0.3) is 0 Å². The zero-order chi connectivity index (χ0) is 8.58. The van der Waals surface area contributed by atoms with Gasteiger partial charge in [-0.05, 0) is 0 Å². The molecule has 2 N–H and O–H groups in total. The van der Waals surface area contributed by atoms with Gasteiger partial charge < -0.3 is 0 Å². The summed E-state index contributed by atoms with van der Waals surface area (Å²) in [6, 6.07) is 0. The van der Waals surface area contributed by atoms with E-state index in [4.69, 9.17) is 9.11 Å². The van der Waals surface area contributed by atoms with Crippen LogP contribution < -0.4 is 0 Å². The Morgan fingerprint density at radius 3 is 1.09 bits per heavy atom. The summed E-state index contributed by atoms with van der Waals surface area (Å²) in [6.45, 7) is 0. The van der Waals surface area contributed by atoms with Crippen LogP contribution in [0.5, 0.6) is 0 Å². The van der Waals surface area contributed by atoms with Crippen LogP contribution in [0.2, 0.25) is 0 Å².